The van der Waals surface area contributed by atoms with Crippen LogP contribution in [0.25, 0.3) is 0 Å². The number of carbonyl (C=O) groups excluding carboxylic acids is 1. The third-order valence-electron chi connectivity index (χ3n) is 1.90. The van der Waals surface area contributed by atoms with Crippen LogP contribution in [0.15, 0.2) is 6.20 Å². The van der Waals surface area contributed by atoms with E-state index >= 15 is 0 Å². The smallest absolute Gasteiger partial charge is 0.465 e. The van der Waals surface area contributed by atoms with Gasteiger partial charge in [0.2, 0.25) is 0 Å². The van der Waals surface area contributed by atoms with Crippen molar-refractivity contribution in [2.24, 2.45) is 0 Å². The molecule has 0 unspecified atom stereocenters. The third kappa shape index (κ3) is 3.86. The van der Waals surface area contributed by atoms with Gasteiger partial charge in [-0.1, -0.05) is 0 Å². The van der Waals surface area contributed by atoms with E-state index in [9.17, 15) is 31.1 Å². The molecule has 0 radical (unpaired) electrons. The lowest BCUT2D eigenvalue weighted by Gasteiger charge is -2.18. The first kappa shape index (κ1) is 16.8. The van der Waals surface area contributed by atoms with E-state index in [0.717, 1.165) is 7.11 Å². The molecular weight excluding hydrogens is 411 g/mol. The summed E-state index contributed by atoms with van der Waals surface area (Å²) < 4.78 is 81.7. The maximum absolute atomic E-state index is 12.7. The SMILES string of the molecule is COC(=O)c1c(I)ncc(C(F)(F)F)c1OC(F)(F)F. The second kappa shape index (κ2) is 5.61. The van der Waals surface area contributed by atoms with Gasteiger partial charge in [-0.25, -0.2) is 9.78 Å². The average molecular weight is 415 g/mol. The molecule has 1 aromatic rings. The summed E-state index contributed by atoms with van der Waals surface area (Å²) in [4.78, 5) is 14.6. The van der Waals surface area contributed by atoms with E-state index in [4.69, 9.17) is 0 Å². The largest absolute Gasteiger partial charge is 0.573 e. The molecule has 0 atom stereocenters. The van der Waals surface area contributed by atoms with Crippen molar-refractivity contribution in [2.75, 3.05) is 7.11 Å². The minimum Gasteiger partial charge on any atom is -0.465 e. The summed E-state index contributed by atoms with van der Waals surface area (Å²) in [7, 11) is 0.802. The summed E-state index contributed by atoms with van der Waals surface area (Å²) in [6, 6.07) is 0. The molecule has 0 fully saturated rings. The lowest BCUT2D eigenvalue weighted by molar-refractivity contribution is -0.276. The van der Waals surface area contributed by atoms with Gasteiger partial charge < -0.3 is 9.47 Å². The number of hydrogen-bond acceptors (Lipinski definition) is 4. The van der Waals surface area contributed by atoms with Crippen LogP contribution in [0.4, 0.5) is 26.3 Å². The fourth-order valence-electron chi connectivity index (χ4n) is 1.18. The van der Waals surface area contributed by atoms with Crippen molar-refractivity contribution in [3.8, 4) is 5.75 Å². The number of nitrogens with zero attached hydrogens (tertiary/aromatic N) is 1. The predicted molar refractivity (Wildman–Crippen MR) is 60.0 cm³/mol. The summed E-state index contributed by atoms with van der Waals surface area (Å²) >= 11 is 1.29. The van der Waals surface area contributed by atoms with Crippen LogP contribution >= 0.6 is 22.6 Å². The van der Waals surface area contributed by atoms with Crippen molar-refractivity contribution >= 4 is 28.6 Å². The van der Waals surface area contributed by atoms with Crippen LogP contribution in [0.1, 0.15) is 15.9 Å². The van der Waals surface area contributed by atoms with Gasteiger partial charge in [-0.15, -0.1) is 13.2 Å². The minimum atomic E-state index is -5.41. The van der Waals surface area contributed by atoms with Gasteiger partial charge in [-0.05, 0) is 22.6 Å². The first-order chi connectivity index (χ1) is 8.97. The summed E-state index contributed by atoms with van der Waals surface area (Å²) in [6.45, 7) is 0. The molecule has 0 aliphatic carbocycles. The molecule has 0 bridgehead atoms. The first-order valence-electron chi connectivity index (χ1n) is 4.57. The Morgan fingerprint density at radius 3 is 2.20 bits per heavy atom. The third-order valence-corrected chi connectivity index (χ3v) is 2.72. The molecule has 0 saturated carbocycles. The molecule has 4 nitrogen and oxygen atoms in total. The van der Waals surface area contributed by atoms with Crippen molar-refractivity contribution in [1.29, 1.82) is 0 Å². The highest BCUT2D eigenvalue weighted by atomic mass is 127. The topological polar surface area (TPSA) is 48.4 Å². The van der Waals surface area contributed by atoms with Gasteiger partial charge in [0.15, 0.2) is 5.75 Å². The Morgan fingerprint density at radius 2 is 1.80 bits per heavy atom. The Kier molecular flexibility index (Phi) is 4.71. The quantitative estimate of drug-likeness (QED) is 0.322. The fraction of sp³-hybridized carbons (Fsp3) is 0.333. The van der Waals surface area contributed by atoms with Crippen LogP contribution in [0.5, 0.6) is 5.75 Å². The zero-order valence-electron chi connectivity index (χ0n) is 9.40. The van der Waals surface area contributed by atoms with E-state index in [0.29, 0.717) is 0 Å². The lowest BCUT2D eigenvalue weighted by atomic mass is 10.1. The molecule has 0 aliphatic rings. The number of esters is 1. The summed E-state index contributed by atoms with van der Waals surface area (Å²) in [5, 5.41) is 0. The van der Waals surface area contributed by atoms with E-state index in [1.165, 1.54) is 22.6 Å². The van der Waals surface area contributed by atoms with Crippen molar-refractivity contribution in [1.82, 2.24) is 4.98 Å². The van der Waals surface area contributed by atoms with Crippen molar-refractivity contribution in [2.45, 2.75) is 12.5 Å². The number of hydrogen-bond donors (Lipinski definition) is 0. The fourth-order valence-corrected chi connectivity index (χ4v) is 1.78. The summed E-state index contributed by atoms with van der Waals surface area (Å²) in [6.07, 6.45) is -10.4. The Hall–Kier alpha value is -1.27. The van der Waals surface area contributed by atoms with Gasteiger partial charge in [-0.2, -0.15) is 13.2 Å². The molecule has 20 heavy (non-hydrogen) atoms. The Bertz CT molecular complexity index is 528. The van der Waals surface area contributed by atoms with Gasteiger partial charge in [0.1, 0.15) is 14.8 Å². The molecule has 0 amide bonds. The van der Waals surface area contributed by atoms with Gasteiger partial charge >= 0.3 is 18.5 Å². The Balaban J connectivity index is 3.60. The molecular formula is C9H4F6INO3. The maximum Gasteiger partial charge on any atom is 0.573 e. The molecule has 0 saturated heterocycles. The van der Waals surface area contributed by atoms with Crippen LogP contribution in [-0.2, 0) is 10.9 Å². The highest BCUT2D eigenvalue weighted by molar-refractivity contribution is 14.1. The number of alkyl halides is 6. The molecule has 0 spiro atoms. The highest BCUT2D eigenvalue weighted by Crippen LogP contribution is 2.41. The van der Waals surface area contributed by atoms with Crippen LogP contribution in [0.3, 0.4) is 0 Å². The number of ether oxygens (including phenoxy) is 2. The standard InChI is InChI=1S/C9H4F6INO3/c1-19-7(18)4-5(20-9(13,14)15)3(8(10,11)12)2-17-6(4)16/h2H,1H3. The van der Waals surface area contributed by atoms with Crippen LogP contribution in [0, 0.1) is 3.70 Å². The van der Waals surface area contributed by atoms with Crippen molar-refractivity contribution < 1.29 is 40.6 Å². The predicted octanol–water partition coefficient (Wildman–Crippen LogP) is 3.39. The Morgan fingerprint density at radius 1 is 1.25 bits per heavy atom. The van der Waals surface area contributed by atoms with E-state index < -0.39 is 39.1 Å². The number of halogens is 7. The number of carbonyl (C=O) groups is 1. The lowest BCUT2D eigenvalue weighted by Crippen LogP contribution is -2.23. The molecule has 1 heterocycles. The van der Waals surface area contributed by atoms with Crippen molar-refractivity contribution in [3.05, 3.63) is 21.0 Å². The molecule has 0 aliphatic heterocycles. The van der Waals surface area contributed by atoms with Crippen LogP contribution < -0.4 is 4.74 Å². The van der Waals surface area contributed by atoms with Gasteiger partial charge in [0.25, 0.3) is 0 Å². The van der Waals surface area contributed by atoms with Gasteiger partial charge in [-0.3, -0.25) is 0 Å². The van der Waals surface area contributed by atoms with Crippen LogP contribution in [-0.4, -0.2) is 24.4 Å². The zero-order valence-corrected chi connectivity index (χ0v) is 11.6. The second-order valence-electron chi connectivity index (χ2n) is 3.20. The van der Waals surface area contributed by atoms with Crippen LogP contribution in [0.2, 0.25) is 0 Å². The van der Waals surface area contributed by atoms with E-state index in [2.05, 4.69) is 14.5 Å². The molecule has 0 aromatic carbocycles. The normalized spacial score (nSPS) is 12.2. The average Bonchev–Trinajstić information content (AvgIpc) is 2.24. The molecule has 1 aromatic heterocycles. The van der Waals surface area contributed by atoms with Crippen molar-refractivity contribution in [3.63, 3.8) is 0 Å². The summed E-state index contributed by atoms with van der Waals surface area (Å²) in [5.74, 6) is -3.11. The maximum atomic E-state index is 12.7. The van der Waals surface area contributed by atoms with E-state index in [-0.39, 0.29) is 6.20 Å². The second-order valence-corrected chi connectivity index (χ2v) is 4.23. The monoisotopic (exact) mass is 415 g/mol. The highest BCUT2D eigenvalue weighted by Gasteiger charge is 2.43. The number of methoxy groups -OCH3 is 1. The number of aromatic nitrogens is 1. The number of rotatable bonds is 2. The van der Waals surface area contributed by atoms with E-state index in [1.807, 2.05) is 0 Å². The summed E-state index contributed by atoms with van der Waals surface area (Å²) in [5.41, 5.74) is -2.86. The molecule has 112 valence electrons. The minimum absolute atomic E-state index is 0.148. The molecule has 1 rings (SSSR count). The first-order valence-corrected chi connectivity index (χ1v) is 5.65. The molecule has 0 N–H and O–H groups in total. The van der Waals surface area contributed by atoms with Gasteiger partial charge in [0, 0.05) is 6.20 Å². The van der Waals surface area contributed by atoms with Gasteiger partial charge in [0.05, 0.1) is 7.11 Å². The number of pyridine rings is 1. The Labute approximate surface area is 121 Å². The molecule has 11 heteroatoms. The zero-order chi connectivity index (χ0) is 15.7. The van der Waals surface area contributed by atoms with E-state index in [1.54, 1.807) is 0 Å².